The second kappa shape index (κ2) is 5.70. The van der Waals surface area contributed by atoms with Crippen molar-refractivity contribution < 1.29 is 9.60 Å². The quantitative estimate of drug-likeness (QED) is 0.385. The summed E-state index contributed by atoms with van der Waals surface area (Å²) in [5.41, 5.74) is 4.15. The second-order valence-corrected chi connectivity index (χ2v) is 4.96. The second-order valence-electron chi connectivity index (χ2n) is 4.55. The zero-order chi connectivity index (χ0) is 15.7. The van der Waals surface area contributed by atoms with Crippen LogP contribution in [-0.2, 0) is 0 Å². The monoisotopic (exact) mass is 319 g/mol. The first-order valence-corrected chi connectivity index (χ1v) is 6.72. The number of nitrogens with zero attached hydrogens (tertiary/aromatic N) is 3. The molecular formula is C14H11ClFN5O. The number of H-pyrrole nitrogens is 1. The molecule has 0 fully saturated rings. The third-order valence-corrected chi connectivity index (χ3v) is 3.31. The summed E-state index contributed by atoms with van der Waals surface area (Å²) in [5, 5.41) is 9.34. The molecule has 3 N–H and O–H groups in total. The number of pyridine rings is 1. The maximum absolute atomic E-state index is 13.2. The van der Waals surface area contributed by atoms with Crippen LogP contribution < -0.4 is 5.48 Å². The van der Waals surface area contributed by atoms with Crippen LogP contribution in [0.4, 0.5) is 10.1 Å². The van der Waals surface area contributed by atoms with E-state index in [2.05, 4.69) is 19.9 Å². The van der Waals surface area contributed by atoms with Gasteiger partial charge < -0.3 is 4.98 Å². The van der Waals surface area contributed by atoms with Crippen LogP contribution >= 0.6 is 11.6 Å². The highest BCUT2D eigenvalue weighted by Gasteiger charge is 2.12. The van der Waals surface area contributed by atoms with Gasteiger partial charge in [0.2, 0.25) is 0 Å². The number of aromatic nitrogens is 3. The van der Waals surface area contributed by atoms with Crippen LogP contribution in [-0.4, -0.2) is 26.0 Å². The Morgan fingerprint density at radius 1 is 1.41 bits per heavy atom. The lowest BCUT2D eigenvalue weighted by Gasteiger charge is -2.06. The molecule has 0 bridgehead atoms. The molecule has 0 unspecified atom stereocenters. The van der Waals surface area contributed by atoms with Gasteiger partial charge in [0.05, 0.1) is 16.2 Å². The zero-order valence-corrected chi connectivity index (χ0v) is 12.2. The highest BCUT2D eigenvalue weighted by atomic mass is 35.5. The van der Waals surface area contributed by atoms with Crippen LogP contribution in [0.15, 0.2) is 35.5 Å². The zero-order valence-electron chi connectivity index (χ0n) is 11.4. The van der Waals surface area contributed by atoms with Crippen molar-refractivity contribution >= 4 is 34.3 Å². The molecule has 1 aromatic carbocycles. The molecule has 0 saturated carbocycles. The number of aryl methyl sites for hydroxylation is 1. The van der Waals surface area contributed by atoms with Gasteiger partial charge in [0.25, 0.3) is 0 Å². The molecular weight excluding hydrogens is 309 g/mol. The number of rotatable bonds is 2. The van der Waals surface area contributed by atoms with E-state index in [1.807, 2.05) is 5.48 Å². The number of hydroxylamine groups is 1. The van der Waals surface area contributed by atoms with Crippen molar-refractivity contribution in [2.75, 3.05) is 0 Å². The summed E-state index contributed by atoms with van der Waals surface area (Å²) in [5.74, 6) is 0.324. The summed E-state index contributed by atoms with van der Waals surface area (Å²) in [6.45, 7) is 1.80. The number of benzene rings is 1. The summed E-state index contributed by atoms with van der Waals surface area (Å²) in [7, 11) is 0. The van der Waals surface area contributed by atoms with Crippen LogP contribution in [0.1, 0.15) is 11.4 Å². The van der Waals surface area contributed by atoms with Crippen LogP contribution in [0.5, 0.6) is 0 Å². The number of imidazole rings is 1. The van der Waals surface area contributed by atoms with E-state index in [1.165, 1.54) is 18.2 Å². The average molecular weight is 320 g/mol. The lowest BCUT2D eigenvalue weighted by Crippen LogP contribution is -2.20. The molecule has 0 aliphatic rings. The predicted octanol–water partition coefficient (Wildman–Crippen LogP) is 3.12. The lowest BCUT2D eigenvalue weighted by atomic mass is 10.2. The van der Waals surface area contributed by atoms with Crippen LogP contribution in [0.25, 0.3) is 11.2 Å². The summed E-state index contributed by atoms with van der Waals surface area (Å²) in [4.78, 5) is 15.7. The number of aliphatic imine (C=N–C) groups is 1. The third-order valence-electron chi connectivity index (χ3n) is 3.02. The number of aromatic amines is 1. The molecule has 0 amide bonds. The Labute approximate surface area is 129 Å². The van der Waals surface area contributed by atoms with Crippen molar-refractivity contribution in [3.63, 3.8) is 0 Å². The number of amidine groups is 1. The highest BCUT2D eigenvalue weighted by Crippen LogP contribution is 2.23. The van der Waals surface area contributed by atoms with E-state index in [9.17, 15) is 9.60 Å². The van der Waals surface area contributed by atoms with Crippen molar-refractivity contribution in [1.82, 2.24) is 20.4 Å². The lowest BCUT2D eigenvalue weighted by molar-refractivity contribution is 0.235. The topological polar surface area (TPSA) is 86.2 Å². The van der Waals surface area contributed by atoms with E-state index in [1.54, 1.807) is 19.2 Å². The molecule has 2 aromatic heterocycles. The Morgan fingerprint density at radius 3 is 2.95 bits per heavy atom. The third kappa shape index (κ3) is 2.63. The average Bonchev–Trinajstić information content (AvgIpc) is 2.88. The Kier molecular flexibility index (Phi) is 3.74. The number of halogens is 2. The molecule has 3 rings (SSSR count). The minimum Gasteiger partial charge on any atom is -0.340 e. The largest absolute Gasteiger partial charge is 0.340 e. The Hall–Kier alpha value is -2.51. The molecule has 22 heavy (non-hydrogen) atoms. The molecule has 0 radical (unpaired) electrons. The molecule has 0 spiro atoms. The fourth-order valence-corrected chi connectivity index (χ4v) is 2.23. The van der Waals surface area contributed by atoms with Crippen molar-refractivity contribution in [2.45, 2.75) is 6.92 Å². The van der Waals surface area contributed by atoms with Gasteiger partial charge in [-0.2, -0.15) is 0 Å². The molecule has 3 aromatic rings. The molecule has 112 valence electrons. The van der Waals surface area contributed by atoms with E-state index in [0.717, 1.165) is 0 Å². The van der Waals surface area contributed by atoms with Crippen LogP contribution in [0.2, 0.25) is 5.02 Å². The summed E-state index contributed by atoms with van der Waals surface area (Å²) in [6, 6.07) is 5.70. The Morgan fingerprint density at radius 2 is 2.23 bits per heavy atom. The van der Waals surface area contributed by atoms with Gasteiger partial charge in [-0.25, -0.2) is 19.4 Å². The summed E-state index contributed by atoms with van der Waals surface area (Å²) >= 11 is 5.73. The van der Waals surface area contributed by atoms with E-state index >= 15 is 0 Å². The van der Waals surface area contributed by atoms with Crippen LogP contribution in [0.3, 0.4) is 0 Å². The van der Waals surface area contributed by atoms with Crippen molar-refractivity contribution in [2.24, 2.45) is 4.99 Å². The molecule has 8 heteroatoms. The molecule has 0 aliphatic heterocycles. The number of hydrogen-bond acceptors (Lipinski definition) is 4. The molecule has 2 heterocycles. The van der Waals surface area contributed by atoms with Crippen molar-refractivity contribution in [1.29, 1.82) is 0 Å². The first-order chi connectivity index (χ1) is 10.6. The maximum Gasteiger partial charge on any atom is 0.178 e. The number of nitrogens with one attached hydrogen (secondary N) is 2. The first-order valence-electron chi connectivity index (χ1n) is 6.34. The fraction of sp³-hybridized carbons (Fsp3) is 0.0714. The summed E-state index contributed by atoms with van der Waals surface area (Å²) in [6.07, 6.45) is 1.56. The highest BCUT2D eigenvalue weighted by molar-refractivity contribution is 6.31. The molecule has 0 aliphatic carbocycles. The minimum atomic E-state index is -0.533. The van der Waals surface area contributed by atoms with Gasteiger partial charge in [0.15, 0.2) is 11.5 Å². The number of hydrogen-bond donors (Lipinski definition) is 3. The maximum atomic E-state index is 13.2. The van der Waals surface area contributed by atoms with Gasteiger partial charge in [-0.05, 0) is 31.2 Å². The standard InChI is InChI=1S/C14H11ClFN5O/c1-7-18-12-9(4-5-17-14(12)19-7)13(21-22)20-8-2-3-11(16)10(15)6-8/h2-6,22H,1H3,(H,20,21)(H,17,18,19). The minimum absolute atomic E-state index is 0.0456. The number of fused-ring (bicyclic) bond motifs is 1. The predicted molar refractivity (Wildman–Crippen MR) is 81.2 cm³/mol. The smallest absolute Gasteiger partial charge is 0.178 e. The van der Waals surface area contributed by atoms with Crippen molar-refractivity contribution in [3.8, 4) is 0 Å². The van der Waals surface area contributed by atoms with E-state index < -0.39 is 5.82 Å². The van der Waals surface area contributed by atoms with Crippen molar-refractivity contribution in [3.05, 3.63) is 52.7 Å². The SMILES string of the molecule is Cc1nc2nccc(C(=Nc3ccc(F)c(Cl)c3)NO)c2[nH]1. The van der Waals surface area contributed by atoms with Gasteiger partial charge in [-0.15, -0.1) is 0 Å². The Bertz CT molecular complexity index is 877. The molecule has 0 atom stereocenters. The van der Waals surface area contributed by atoms with E-state index in [4.69, 9.17) is 11.6 Å². The fourth-order valence-electron chi connectivity index (χ4n) is 2.05. The Balaban J connectivity index is 2.12. The first kappa shape index (κ1) is 14.4. The van der Waals surface area contributed by atoms with E-state index in [-0.39, 0.29) is 10.9 Å². The van der Waals surface area contributed by atoms with Gasteiger partial charge in [0, 0.05) is 11.8 Å². The molecule has 6 nitrogen and oxygen atoms in total. The summed E-state index contributed by atoms with van der Waals surface area (Å²) < 4.78 is 13.2. The normalized spacial score (nSPS) is 11.9. The van der Waals surface area contributed by atoms with Gasteiger partial charge in [-0.1, -0.05) is 11.6 Å². The van der Waals surface area contributed by atoms with Gasteiger partial charge >= 0.3 is 0 Å². The van der Waals surface area contributed by atoms with Gasteiger partial charge in [-0.3, -0.25) is 10.7 Å². The molecule has 0 saturated heterocycles. The van der Waals surface area contributed by atoms with Gasteiger partial charge in [0.1, 0.15) is 11.6 Å². The van der Waals surface area contributed by atoms with E-state index in [0.29, 0.717) is 28.2 Å². The van der Waals surface area contributed by atoms with Crippen LogP contribution in [0, 0.1) is 12.7 Å².